The van der Waals surface area contributed by atoms with Gasteiger partial charge in [-0.2, -0.15) is 4.39 Å². The highest BCUT2D eigenvalue weighted by atomic mass is 19.1. The molecule has 1 aromatic rings. The van der Waals surface area contributed by atoms with Crippen LogP contribution in [-0.2, 0) is 0 Å². The van der Waals surface area contributed by atoms with Crippen LogP contribution >= 0.6 is 0 Å². The zero-order chi connectivity index (χ0) is 6.69. The van der Waals surface area contributed by atoms with E-state index in [1.807, 2.05) is 0 Å². The first-order valence-electron chi connectivity index (χ1n) is 2.54. The number of nitrogens with one attached hydrogen (secondary N) is 1. The summed E-state index contributed by atoms with van der Waals surface area (Å²) in [5, 5.41) is 2.63. The Labute approximate surface area is 52.7 Å². The summed E-state index contributed by atoms with van der Waals surface area (Å²) in [5.41, 5.74) is 0.373. The summed E-state index contributed by atoms with van der Waals surface area (Å²) in [6.45, 7) is 0. The molecule has 0 aliphatic rings. The summed E-state index contributed by atoms with van der Waals surface area (Å²) in [6, 6.07) is 4.14. The van der Waals surface area contributed by atoms with E-state index in [4.69, 9.17) is 0 Å². The van der Waals surface area contributed by atoms with Crippen LogP contribution in [0.2, 0.25) is 0 Å². The second kappa shape index (κ2) is 2.44. The van der Waals surface area contributed by atoms with Gasteiger partial charge in [0, 0.05) is 19.3 Å². The maximum Gasteiger partial charge on any atom is 0.236 e. The van der Waals surface area contributed by atoms with Crippen molar-refractivity contribution in [3.05, 3.63) is 24.3 Å². The minimum atomic E-state index is -0.490. The maximum atomic E-state index is 12.4. The van der Waals surface area contributed by atoms with Crippen LogP contribution in [0.1, 0.15) is 0 Å². The molecule has 0 aliphatic carbocycles. The lowest BCUT2D eigenvalue weighted by molar-refractivity contribution is 0.587. The molecule has 0 atom stereocenters. The van der Waals surface area contributed by atoms with Crippen molar-refractivity contribution in [1.29, 1.82) is 0 Å². The minimum absolute atomic E-state index is 0.373. The van der Waals surface area contributed by atoms with Gasteiger partial charge in [-0.05, 0) is 6.07 Å². The molecule has 0 bridgehead atoms. The van der Waals surface area contributed by atoms with E-state index in [0.717, 1.165) is 0 Å². The Morgan fingerprint density at radius 1 is 1.78 bits per heavy atom. The van der Waals surface area contributed by atoms with Gasteiger partial charge in [0.15, 0.2) is 0 Å². The summed E-state index contributed by atoms with van der Waals surface area (Å²) in [5.74, 6) is -0.490. The molecule has 2 nitrogen and oxygen atoms in total. The Balaban J connectivity index is 3.01. The topological polar surface area (TPSA) is 24.9 Å². The van der Waals surface area contributed by atoms with Gasteiger partial charge in [0.25, 0.3) is 0 Å². The van der Waals surface area contributed by atoms with Crippen molar-refractivity contribution in [2.45, 2.75) is 0 Å². The average Bonchev–Trinajstić information content (AvgIpc) is 1.89. The Kier molecular flexibility index (Phi) is 1.63. The molecule has 0 saturated heterocycles. The van der Waals surface area contributed by atoms with Crippen LogP contribution in [0.4, 0.5) is 10.1 Å². The van der Waals surface area contributed by atoms with Crippen LogP contribution < -0.4 is 5.32 Å². The lowest BCUT2D eigenvalue weighted by Gasteiger charge is -1.96. The Hall–Kier alpha value is -1.12. The molecule has 0 fully saturated rings. The third-order valence-electron chi connectivity index (χ3n) is 0.972. The molecule has 0 amide bonds. The predicted octanol–water partition coefficient (Wildman–Crippen LogP) is 1.06. The summed E-state index contributed by atoms with van der Waals surface area (Å²) in [6.07, 6.45) is 1.29. The third kappa shape index (κ3) is 1.16. The fourth-order valence-electron chi connectivity index (χ4n) is 0.519. The van der Waals surface area contributed by atoms with Gasteiger partial charge in [0.05, 0.1) is 5.69 Å². The molecule has 3 heteroatoms. The maximum absolute atomic E-state index is 12.4. The monoisotopic (exact) mass is 125 g/mol. The first-order chi connectivity index (χ1) is 4.34. The van der Waals surface area contributed by atoms with E-state index in [1.54, 1.807) is 7.05 Å². The Bertz CT molecular complexity index is 200. The van der Waals surface area contributed by atoms with Crippen LogP contribution in [-0.4, -0.2) is 12.0 Å². The van der Waals surface area contributed by atoms with Gasteiger partial charge in [0.2, 0.25) is 5.95 Å². The second-order valence-electron chi connectivity index (χ2n) is 1.52. The average molecular weight is 125 g/mol. The lowest BCUT2D eigenvalue weighted by atomic mass is 10.4. The largest absolute Gasteiger partial charge is 0.384 e. The summed E-state index contributed by atoms with van der Waals surface area (Å²) >= 11 is 0. The molecule has 1 N–H and O–H groups in total. The van der Waals surface area contributed by atoms with Crippen molar-refractivity contribution >= 4 is 5.69 Å². The molecule has 1 radical (unpaired) electrons. The molecular weight excluding hydrogens is 119 g/mol. The standard InChI is InChI=1S/C6H6FN2/c1-8-5-3-2-4-9-6(5)7/h3-4,8H,1H3. The van der Waals surface area contributed by atoms with E-state index >= 15 is 0 Å². The van der Waals surface area contributed by atoms with Gasteiger partial charge in [-0.15, -0.1) is 0 Å². The molecule has 0 unspecified atom stereocenters. The Morgan fingerprint density at radius 3 is 3.00 bits per heavy atom. The van der Waals surface area contributed by atoms with Crippen LogP contribution in [0.25, 0.3) is 0 Å². The van der Waals surface area contributed by atoms with Gasteiger partial charge in [0.1, 0.15) is 0 Å². The highest BCUT2D eigenvalue weighted by Gasteiger charge is 1.95. The molecule has 1 heterocycles. The normalized spacial score (nSPS) is 9.11. The van der Waals surface area contributed by atoms with E-state index in [-0.39, 0.29) is 0 Å². The predicted molar refractivity (Wildman–Crippen MR) is 32.6 cm³/mol. The fraction of sp³-hybridized carbons (Fsp3) is 0.167. The minimum Gasteiger partial charge on any atom is -0.384 e. The van der Waals surface area contributed by atoms with E-state index in [0.29, 0.717) is 5.69 Å². The molecule has 0 saturated carbocycles. The molecule has 0 aromatic carbocycles. The van der Waals surface area contributed by atoms with Crippen LogP contribution in [0, 0.1) is 12.0 Å². The van der Waals surface area contributed by atoms with E-state index in [9.17, 15) is 4.39 Å². The van der Waals surface area contributed by atoms with E-state index in [1.165, 1.54) is 12.3 Å². The summed E-state index contributed by atoms with van der Waals surface area (Å²) < 4.78 is 12.4. The summed E-state index contributed by atoms with van der Waals surface area (Å²) in [4.78, 5) is 3.37. The number of hydrogen-bond donors (Lipinski definition) is 1. The van der Waals surface area contributed by atoms with Crippen molar-refractivity contribution in [3.63, 3.8) is 0 Å². The zero-order valence-electron chi connectivity index (χ0n) is 4.98. The van der Waals surface area contributed by atoms with Gasteiger partial charge >= 0.3 is 0 Å². The molecular formula is C6H6FN2. The van der Waals surface area contributed by atoms with Gasteiger partial charge in [-0.1, -0.05) is 0 Å². The van der Waals surface area contributed by atoms with Crippen molar-refractivity contribution in [1.82, 2.24) is 4.98 Å². The van der Waals surface area contributed by atoms with Gasteiger partial charge < -0.3 is 5.32 Å². The highest BCUT2D eigenvalue weighted by Crippen LogP contribution is 2.06. The van der Waals surface area contributed by atoms with Crippen molar-refractivity contribution in [2.75, 3.05) is 12.4 Å². The summed E-state index contributed by atoms with van der Waals surface area (Å²) in [7, 11) is 1.63. The first-order valence-corrected chi connectivity index (χ1v) is 2.54. The lowest BCUT2D eigenvalue weighted by Crippen LogP contribution is -1.93. The molecule has 47 valence electrons. The van der Waals surface area contributed by atoms with Gasteiger partial charge in [-0.3, -0.25) is 0 Å². The number of nitrogens with zero attached hydrogens (tertiary/aromatic N) is 1. The fourth-order valence-corrected chi connectivity index (χ4v) is 0.519. The smallest absolute Gasteiger partial charge is 0.236 e. The van der Waals surface area contributed by atoms with Crippen molar-refractivity contribution in [2.24, 2.45) is 0 Å². The first kappa shape index (κ1) is 6.01. The van der Waals surface area contributed by atoms with Crippen LogP contribution in [0.15, 0.2) is 12.3 Å². The van der Waals surface area contributed by atoms with E-state index in [2.05, 4.69) is 16.4 Å². The number of halogens is 1. The number of pyridine rings is 1. The highest BCUT2D eigenvalue weighted by molar-refractivity contribution is 5.39. The number of hydrogen-bond acceptors (Lipinski definition) is 2. The quantitative estimate of drug-likeness (QED) is 0.568. The van der Waals surface area contributed by atoms with Crippen molar-refractivity contribution < 1.29 is 4.39 Å². The molecule has 0 spiro atoms. The molecule has 0 aliphatic heterocycles. The molecule has 9 heavy (non-hydrogen) atoms. The molecule has 1 aromatic heterocycles. The number of anilines is 1. The van der Waals surface area contributed by atoms with Crippen LogP contribution in [0.3, 0.4) is 0 Å². The van der Waals surface area contributed by atoms with E-state index < -0.39 is 5.95 Å². The second-order valence-corrected chi connectivity index (χ2v) is 1.52. The van der Waals surface area contributed by atoms with Gasteiger partial charge in [-0.25, -0.2) is 4.98 Å². The molecule has 1 rings (SSSR count). The number of aromatic nitrogens is 1. The third-order valence-corrected chi connectivity index (χ3v) is 0.972. The number of rotatable bonds is 1. The zero-order valence-corrected chi connectivity index (χ0v) is 4.98. The Morgan fingerprint density at radius 2 is 2.56 bits per heavy atom. The van der Waals surface area contributed by atoms with Crippen LogP contribution in [0.5, 0.6) is 0 Å². The SMILES string of the molecule is CNc1c[c]cnc1F. The van der Waals surface area contributed by atoms with Crippen molar-refractivity contribution in [3.8, 4) is 0 Å².